The van der Waals surface area contributed by atoms with Crippen molar-refractivity contribution in [2.75, 3.05) is 6.61 Å². The normalized spacial score (nSPS) is 13.5. The zero-order valence-corrected chi connectivity index (χ0v) is 18.7. The molecule has 0 saturated carbocycles. The lowest BCUT2D eigenvalue weighted by Crippen LogP contribution is -2.53. The molecule has 0 aliphatic heterocycles. The SMILES string of the molecule is CC(C)(C)OC(=O)[C@H](CCCCO)N(C(=O)OC(C)(C)C)C(=O)OC(C)(C)C. The minimum atomic E-state index is -1.23. The maximum absolute atomic E-state index is 12.8. The third-order valence-electron chi connectivity index (χ3n) is 3.06. The number of unbranched alkanes of at least 4 members (excludes halogenated alkanes) is 1. The van der Waals surface area contributed by atoms with Gasteiger partial charge >= 0.3 is 18.2 Å². The van der Waals surface area contributed by atoms with Gasteiger partial charge in [-0.05, 0) is 81.6 Å². The Hall–Kier alpha value is -1.83. The van der Waals surface area contributed by atoms with Crippen LogP contribution in [0.4, 0.5) is 9.59 Å². The molecule has 0 saturated heterocycles. The Balaban J connectivity index is 5.92. The third kappa shape index (κ3) is 11.1. The van der Waals surface area contributed by atoms with Crippen molar-refractivity contribution < 1.29 is 33.7 Å². The van der Waals surface area contributed by atoms with Gasteiger partial charge in [-0.15, -0.1) is 0 Å². The highest BCUT2D eigenvalue weighted by molar-refractivity contribution is 5.94. The van der Waals surface area contributed by atoms with Gasteiger partial charge in [-0.2, -0.15) is 4.90 Å². The lowest BCUT2D eigenvalue weighted by molar-refractivity contribution is -0.161. The average Bonchev–Trinajstić information content (AvgIpc) is 2.40. The molecule has 1 atom stereocenters. The van der Waals surface area contributed by atoms with Crippen LogP contribution in [0.3, 0.4) is 0 Å². The summed E-state index contributed by atoms with van der Waals surface area (Å²) in [7, 11) is 0. The number of aliphatic hydroxyl groups excluding tert-OH is 1. The van der Waals surface area contributed by atoms with Crippen molar-refractivity contribution in [1.82, 2.24) is 4.90 Å². The van der Waals surface area contributed by atoms with Crippen molar-refractivity contribution in [3.63, 3.8) is 0 Å². The van der Waals surface area contributed by atoms with Crippen molar-refractivity contribution >= 4 is 18.2 Å². The summed E-state index contributed by atoms with van der Waals surface area (Å²) in [6, 6.07) is -1.23. The van der Waals surface area contributed by atoms with Crippen LogP contribution >= 0.6 is 0 Å². The van der Waals surface area contributed by atoms with E-state index in [2.05, 4.69) is 0 Å². The van der Waals surface area contributed by atoms with E-state index in [0.717, 1.165) is 0 Å². The Morgan fingerprint density at radius 1 is 0.750 bits per heavy atom. The van der Waals surface area contributed by atoms with Gasteiger partial charge in [-0.3, -0.25) is 0 Å². The zero-order chi connectivity index (χ0) is 22.3. The molecule has 0 aliphatic carbocycles. The number of hydrogen-bond acceptors (Lipinski definition) is 7. The molecule has 8 heteroatoms. The molecule has 0 spiro atoms. The highest BCUT2D eigenvalue weighted by atomic mass is 16.6. The van der Waals surface area contributed by atoms with Crippen molar-refractivity contribution in [2.24, 2.45) is 0 Å². The third-order valence-corrected chi connectivity index (χ3v) is 3.06. The first-order chi connectivity index (χ1) is 12.5. The molecule has 0 aliphatic rings. The molecule has 28 heavy (non-hydrogen) atoms. The molecule has 0 fully saturated rings. The average molecular weight is 404 g/mol. The fourth-order valence-corrected chi connectivity index (χ4v) is 2.12. The molecular formula is C20H37NO7. The van der Waals surface area contributed by atoms with E-state index in [0.29, 0.717) is 17.7 Å². The summed E-state index contributed by atoms with van der Waals surface area (Å²) < 4.78 is 16.1. The fourth-order valence-electron chi connectivity index (χ4n) is 2.12. The van der Waals surface area contributed by atoms with Gasteiger partial charge in [-0.1, -0.05) is 0 Å². The standard InChI is InChI=1S/C20H37NO7/c1-18(2,3)26-15(23)14(12-10-11-13-22)21(16(24)27-19(4,5)6)17(25)28-20(7,8)9/h14,22H,10-13H2,1-9H3/t14-/m0/s1. The topological polar surface area (TPSA) is 102 Å². The molecule has 164 valence electrons. The molecule has 0 aromatic carbocycles. The van der Waals surface area contributed by atoms with Crippen LogP contribution in [-0.2, 0) is 19.0 Å². The van der Waals surface area contributed by atoms with Crippen LogP contribution in [0.15, 0.2) is 0 Å². The Labute approximate surface area is 168 Å². The van der Waals surface area contributed by atoms with Gasteiger partial charge in [0.05, 0.1) is 0 Å². The molecule has 0 rings (SSSR count). The van der Waals surface area contributed by atoms with Gasteiger partial charge in [0, 0.05) is 6.61 Å². The first-order valence-electron chi connectivity index (χ1n) is 9.56. The van der Waals surface area contributed by atoms with Crippen LogP contribution in [0.5, 0.6) is 0 Å². The van der Waals surface area contributed by atoms with E-state index in [1.54, 1.807) is 62.3 Å². The number of carbonyl (C=O) groups excluding carboxylic acids is 3. The zero-order valence-electron chi connectivity index (χ0n) is 18.7. The molecule has 0 bridgehead atoms. The highest BCUT2D eigenvalue weighted by Gasteiger charge is 2.41. The lowest BCUT2D eigenvalue weighted by atomic mass is 10.1. The van der Waals surface area contributed by atoms with E-state index in [1.165, 1.54) is 0 Å². The van der Waals surface area contributed by atoms with Crippen LogP contribution in [0.1, 0.15) is 81.6 Å². The lowest BCUT2D eigenvalue weighted by Gasteiger charge is -2.33. The van der Waals surface area contributed by atoms with E-state index < -0.39 is 41.0 Å². The second-order valence-electron chi connectivity index (χ2n) is 9.60. The highest BCUT2D eigenvalue weighted by Crippen LogP contribution is 2.22. The maximum Gasteiger partial charge on any atom is 0.420 e. The molecule has 0 aromatic rings. The minimum Gasteiger partial charge on any atom is -0.458 e. The predicted octanol–water partition coefficient (Wildman–Crippen LogP) is 4.03. The molecule has 1 N–H and O–H groups in total. The number of hydrogen-bond donors (Lipinski definition) is 1. The van der Waals surface area contributed by atoms with E-state index >= 15 is 0 Å². The molecule has 8 nitrogen and oxygen atoms in total. The van der Waals surface area contributed by atoms with Gasteiger partial charge in [-0.25, -0.2) is 14.4 Å². The van der Waals surface area contributed by atoms with Gasteiger partial charge in [0.15, 0.2) is 0 Å². The van der Waals surface area contributed by atoms with Crippen molar-refractivity contribution in [1.29, 1.82) is 0 Å². The van der Waals surface area contributed by atoms with Crippen molar-refractivity contribution in [3.8, 4) is 0 Å². The summed E-state index contributed by atoms with van der Waals surface area (Å²) in [4.78, 5) is 39.0. The van der Waals surface area contributed by atoms with Gasteiger partial charge in [0.2, 0.25) is 0 Å². The van der Waals surface area contributed by atoms with Gasteiger partial charge in [0.1, 0.15) is 22.8 Å². The van der Waals surface area contributed by atoms with E-state index in [9.17, 15) is 14.4 Å². The monoisotopic (exact) mass is 403 g/mol. The Morgan fingerprint density at radius 3 is 1.46 bits per heavy atom. The van der Waals surface area contributed by atoms with Gasteiger partial charge in [0.25, 0.3) is 0 Å². The number of nitrogens with zero attached hydrogens (tertiary/aromatic N) is 1. The van der Waals surface area contributed by atoms with E-state index in [1.807, 2.05) is 0 Å². The number of aliphatic hydroxyl groups is 1. The molecule has 0 heterocycles. The maximum atomic E-state index is 12.8. The number of amides is 2. The quantitative estimate of drug-likeness (QED) is 0.406. The Kier molecular flexibility index (Phi) is 9.43. The molecule has 0 aromatic heterocycles. The van der Waals surface area contributed by atoms with Crippen molar-refractivity contribution in [3.05, 3.63) is 0 Å². The van der Waals surface area contributed by atoms with Crippen LogP contribution in [0.25, 0.3) is 0 Å². The number of imide groups is 1. The summed E-state index contributed by atoms with van der Waals surface area (Å²) in [5.74, 6) is -0.734. The Bertz CT molecular complexity index is 510. The first-order valence-corrected chi connectivity index (χ1v) is 9.56. The summed E-state index contributed by atoms with van der Waals surface area (Å²) >= 11 is 0. The van der Waals surface area contributed by atoms with Crippen LogP contribution < -0.4 is 0 Å². The number of carbonyl (C=O) groups is 3. The van der Waals surface area contributed by atoms with Crippen LogP contribution in [0, 0.1) is 0 Å². The number of esters is 1. The largest absolute Gasteiger partial charge is 0.458 e. The summed E-state index contributed by atoms with van der Waals surface area (Å²) in [6.45, 7) is 15.0. The van der Waals surface area contributed by atoms with Gasteiger partial charge < -0.3 is 19.3 Å². The molecular weight excluding hydrogens is 366 g/mol. The smallest absolute Gasteiger partial charge is 0.420 e. The number of rotatable bonds is 6. The molecule has 0 radical (unpaired) electrons. The number of ether oxygens (including phenoxy) is 3. The summed E-state index contributed by atoms with van der Waals surface area (Å²) in [6.07, 6.45) is -1.03. The Morgan fingerprint density at radius 2 is 1.14 bits per heavy atom. The van der Waals surface area contributed by atoms with Crippen LogP contribution in [0.2, 0.25) is 0 Å². The molecule has 0 unspecified atom stereocenters. The predicted molar refractivity (Wildman–Crippen MR) is 105 cm³/mol. The minimum absolute atomic E-state index is 0.0695. The van der Waals surface area contributed by atoms with E-state index in [-0.39, 0.29) is 13.0 Å². The van der Waals surface area contributed by atoms with Crippen molar-refractivity contribution in [2.45, 2.75) is 104 Å². The van der Waals surface area contributed by atoms with Crippen LogP contribution in [-0.4, -0.2) is 57.6 Å². The second-order valence-corrected chi connectivity index (χ2v) is 9.60. The summed E-state index contributed by atoms with van der Waals surface area (Å²) in [5, 5.41) is 9.05. The van der Waals surface area contributed by atoms with E-state index in [4.69, 9.17) is 19.3 Å². The molecule has 2 amide bonds. The second kappa shape index (κ2) is 10.1. The fraction of sp³-hybridized carbons (Fsp3) is 0.850. The summed E-state index contributed by atoms with van der Waals surface area (Å²) in [5.41, 5.74) is -2.55. The first kappa shape index (κ1) is 26.2.